The van der Waals surface area contributed by atoms with Crippen LogP contribution in [-0.4, -0.2) is 48.7 Å². The van der Waals surface area contributed by atoms with Crippen LogP contribution in [-0.2, 0) is 4.79 Å². The van der Waals surface area contributed by atoms with E-state index in [-0.39, 0.29) is 12.5 Å². The van der Waals surface area contributed by atoms with Crippen LogP contribution in [0.4, 0.5) is 0 Å². The summed E-state index contributed by atoms with van der Waals surface area (Å²) in [7, 11) is 0. The Labute approximate surface area is 92.7 Å². The van der Waals surface area contributed by atoms with E-state index in [0.717, 1.165) is 26.1 Å². The van der Waals surface area contributed by atoms with Crippen LogP contribution in [0.5, 0.6) is 0 Å². The number of carbonyl (C=O) groups excluding carboxylic acids is 1. The van der Waals surface area contributed by atoms with Crippen LogP contribution in [0.3, 0.4) is 0 Å². The lowest BCUT2D eigenvalue weighted by atomic mass is 10.3. The fraction of sp³-hybridized carbons (Fsp3) is 0.909. The minimum atomic E-state index is 0.0385. The van der Waals surface area contributed by atoms with Crippen molar-refractivity contribution in [2.75, 3.05) is 32.8 Å². The summed E-state index contributed by atoms with van der Waals surface area (Å²) in [4.78, 5) is 13.5. The third kappa shape index (κ3) is 8.39. The minimum absolute atomic E-state index is 0.0385. The summed E-state index contributed by atoms with van der Waals surface area (Å²) in [5.41, 5.74) is 0. The Hall–Kier alpha value is -0.610. The molecule has 0 aromatic carbocycles. The number of aliphatic hydroxyl groups excluding tert-OH is 1. The molecule has 0 rings (SSSR count). The molecule has 90 valence electrons. The van der Waals surface area contributed by atoms with Gasteiger partial charge in [-0.2, -0.15) is 0 Å². The van der Waals surface area contributed by atoms with E-state index < -0.39 is 0 Å². The quantitative estimate of drug-likeness (QED) is 0.593. The maximum Gasteiger partial charge on any atom is 0.220 e. The molecule has 0 aliphatic carbocycles. The smallest absolute Gasteiger partial charge is 0.220 e. The maximum atomic E-state index is 11.2. The predicted octanol–water partition coefficient (Wildman–Crippen LogP) is 0.607. The highest BCUT2D eigenvalue weighted by atomic mass is 16.3. The van der Waals surface area contributed by atoms with Gasteiger partial charge in [-0.05, 0) is 25.9 Å². The predicted molar refractivity (Wildman–Crippen MR) is 61.7 cm³/mol. The van der Waals surface area contributed by atoms with Gasteiger partial charge in [-0.1, -0.05) is 13.8 Å². The van der Waals surface area contributed by atoms with Gasteiger partial charge in [-0.15, -0.1) is 0 Å². The number of nitrogens with zero attached hydrogens (tertiary/aromatic N) is 1. The van der Waals surface area contributed by atoms with Crippen LogP contribution in [0.25, 0.3) is 0 Å². The topological polar surface area (TPSA) is 52.6 Å². The van der Waals surface area contributed by atoms with Crippen molar-refractivity contribution in [1.82, 2.24) is 10.2 Å². The molecule has 0 saturated carbocycles. The first kappa shape index (κ1) is 14.4. The lowest BCUT2D eigenvalue weighted by Crippen LogP contribution is -2.35. The molecule has 0 bridgehead atoms. The highest BCUT2D eigenvalue weighted by Crippen LogP contribution is 1.90. The van der Waals surface area contributed by atoms with E-state index in [2.05, 4.69) is 24.1 Å². The van der Waals surface area contributed by atoms with Crippen LogP contribution in [0, 0.1) is 0 Å². The minimum Gasteiger partial charge on any atom is -0.396 e. The second-order valence-electron chi connectivity index (χ2n) is 3.61. The standard InChI is InChI=1S/C11H24N2O2/c1-3-8-13(4-2)9-7-12-11(15)6-5-10-14/h14H,3-10H2,1-2H3,(H,12,15). The Balaban J connectivity index is 3.45. The van der Waals surface area contributed by atoms with Gasteiger partial charge in [0.1, 0.15) is 0 Å². The number of hydrogen-bond donors (Lipinski definition) is 2. The largest absolute Gasteiger partial charge is 0.396 e. The lowest BCUT2D eigenvalue weighted by Gasteiger charge is -2.19. The van der Waals surface area contributed by atoms with E-state index in [1.54, 1.807) is 0 Å². The number of amides is 1. The summed E-state index contributed by atoms with van der Waals surface area (Å²) in [5.74, 6) is 0.0385. The molecule has 0 atom stereocenters. The summed E-state index contributed by atoms with van der Waals surface area (Å²) >= 11 is 0. The van der Waals surface area contributed by atoms with E-state index in [9.17, 15) is 4.79 Å². The molecule has 4 heteroatoms. The van der Waals surface area contributed by atoms with E-state index in [4.69, 9.17) is 5.11 Å². The van der Waals surface area contributed by atoms with Crippen LogP contribution in [0.2, 0.25) is 0 Å². The zero-order valence-electron chi connectivity index (χ0n) is 9.96. The summed E-state index contributed by atoms with van der Waals surface area (Å²) in [5, 5.41) is 11.4. The number of aliphatic hydroxyl groups is 1. The van der Waals surface area contributed by atoms with Crippen molar-refractivity contribution in [2.45, 2.75) is 33.1 Å². The average Bonchev–Trinajstić information content (AvgIpc) is 2.25. The van der Waals surface area contributed by atoms with Gasteiger partial charge in [0.15, 0.2) is 0 Å². The normalized spacial score (nSPS) is 10.7. The number of hydrogen-bond acceptors (Lipinski definition) is 3. The van der Waals surface area contributed by atoms with Crippen LogP contribution >= 0.6 is 0 Å². The molecule has 0 radical (unpaired) electrons. The first-order chi connectivity index (χ1) is 7.24. The summed E-state index contributed by atoms with van der Waals surface area (Å²) in [6.07, 6.45) is 2.13. The van der Waals surface area contributed by atoms with Gasteiger partial charge in [0.05, 0.1) is 0 Å². The SMILES string of the molecule is CCCN(CC)CCNC(=O)CCCO. The molecular formula is C11H24N2O2. The monoisotopic (exact) mass is 216 g/mol. The van der Waals surface area contributed by atoms with Crippen molar-refractivity contribution < 1.29 is 9.90 Å². The zero-order chi connectivity index (χ0) is 11.5. The fourth-order valence-electron chi connectivity index (χ4n) is 1.43. The molecule has 4 nitrogen and oxygen atoms in total. The van der Waals surface area contributed by atoms with E-state index in [0.29, 0.717) is 19.4 Å². The number of rotatable bonds is 9. The number of carbonyl (C=O) groups is 1. The third-order valence-corrected chi connectivity index (χ3v) is 2.30. The first-order valence-electron chi connectivity index (χ1n) is 5.84. The van der Waals surface area contributed by atoms with Gasteiger partial charge < -0.3 is 15.3 Å². The Bertz CT molecular complexity index is 163. The van der Waals surface area contributed by atoms with E-state index in [1.807, 2.05) is 0 Å². The van der Waals surface area contributed by atoms with E-state index >= 15 is 0 Å². The highest BCUT2D eigenvalue weighted by Gasteiger charge is 2.02. The van der Waals surface area contributed by atoms with Gasteiger partial charge in [-0.25, -0.2) is 0 Å². The zero-order valence-corrected chi connectivity index (χ0v) is 9.96. The fourth-order valence-corrected chi connectivity index (χ4v) is 1.43. The van der Waals surface area contributed by atoms with Crippen molar-refractivity contribution in [2.24, 2.45) is 0 Å². The van der Waals surface area contributed by atoms with E-state index in [1.165, 1.54) is 0 Å². The van der Waals surface area contributed by atoms with Crippen molar-refractivity contribution in [1.29, 1.82) is 0 Å². The Kier molecular flexibility index (Phi) is 9.52. The van der Waals surface area contributed by atoms with Crippen LogP contribution in [0.1, 0.15) is 33.1 Å². The van der Waals surface area contributed by atoms with Gasteiger partial charge in [0.2, 0.25) is 5.91 Å². The summed E-state index contributed by atoms with van der Waals surface area (Å²) in [6, 6.07) is 0. The van der Waals surface area contributed by atoms with Crippen LogP contribution < -0.4 is 5.32 Å². The molecule has 0 saturated heterocycles. The van der Waals surface area contributed by atoms with Crippen molar-refractivity contribution >= 4 is 5.91 Å². The molecule has 0 aromatic rings. The molecule has 0 heterocycles. The van der Waals surface area contributed by atoms with Gasteiger partial charge >= 0.3 is 0 Å². The second kappa shape index (κ2) is 9.93. The van der Waals surface area contributed by atoms with Crippen molar-refractivity contribution in [3.05, 3.63) is 0 Å². The molecule has 0 spiro atoms. The average molecular weight is 216 g/mol. The Morgan fingerprint density at radius 2 is 2.07 bits per heavy atom. The first-order valence-corrected chi connectivity index (χ1v) is 5.84. The summed E-state index contributed by atoms with van der Waals surface area (Å²) in [6.45, 7) is 8.10. The van der Waals surface area contributed by atoms with Gasteiger partial charge in [-0.3, -0.25) is 4.79 Å². The van der Waals surface area contributed by atoms with Crippen molar-refractivity contribution in [3.63, 3.8) is 0 Å². The number of likely N-dealkylation sites (N-methyl/N-ethyl adjacent to an activating group) is 1. The van der Waals surface area contributed by atoms with Gasteiger partial charge in [0, 0.05) is 26.1 Å². The molecule has 0 aliphatic rings. The molecule has 0 aromatic heterocycles. The molecule has 15 heavy (non-hydrogen) atoms. The highest BCUT2D eigenvalue weighted by molar-refractivity contribution is 5.75. The molecule has 0 unspecified atom stereocenters. The third-order valence-electron chi connectivity index (χ3n) is 2.30. The number of nitrogens with one attached hydrogen (secondary N) is 1. The second-order valence-corrected chi connectivity index (χ2v) is 3.61. The Morgan fingerprint density at radius 3 is 2.60 bits per heavy atom. The Morgan fingerprint density at radius 1 is 1.33 bits per heavy atom. The molecular weight excluding hydrogens is 192 g/mol. The molecule has 2 N–H and O–H groups in total. The summed E-state index contributed by atoms with van der Waals surface area (Å²) < 4.78 is 0. The molecule has 0 aliphatic heterocycles. The van der Waals surface area contributed by atoms with Gasteiger partial charge in [0.25, 0.3) is 0 Å². The van der Waals surface area contributed by atoms with Crippen LogP contribution in [0.15, 0.2) is 0 Å². The molecule has 1 amide bonds. The molecule has 0 fully saturated rings. The maximum absolute atomic E-state index is 11.2. The lowest BCUT2D eigenvalue weighted by molar-refractivity contribution is -0.121. The van der Waals surface area contributed by atoms with Crippen molar-refractivity contribution in [3.8, 4) is 0 Å².